The van der Waals surface area contributed by atoms with E-state index >= 15 is 0 Å². The molecule has 0 saturated carbocycles. The number of aryl methyl sites for hydroxylation is 1. The number of amides is 1. The fraction of sp³-hybridized carbons (Fsp3) is 0.417. The van der Waals surface area contributed by atoms with Crippen LogP contribution in [0.15, 0.2) is 34.8 Å². The van der Waals surface area contributed by atoms with Crippen molar-refractivity contribution in [2.45, 2.75) is 37.7 Å². The number of piperidine rings is 1. The number of thiazole rings is 1. The molecule has 0 spiro atoms. The number of nitrogens with zero attached hydrogens (tertiary/aromatic N) is 5. The number of aromatic nitrogens is 3. The second kappa shape index (κ2) is 10.5. The van der Waals surface area contributed by atoms with E-state index in [4.69, 9.17) is 9.57 Å². The van der Waals surface area contributed by atoms with E-state index in [0.717, 1.165) is 15.8 Å². The summed E-state index contributed by atoms with van der Waals surface area (Å²) in [5.41, 5.74) is 0.723. The van der Waals surface area contributed by atoms with Gasteiger partial charge in [-0.1, -0.05) is 11.2 Å². The van der Waals surface area contributed by atoms with Crippen LogP contribution >= 0.6 is 11.3 Å². The van der Waals surface area contributed by atoms with Crippen molar-refractivity contribution in [3.05, 3.63) is 63.2 Å². The molecule has 196 valence electrons. The molecule has 1 aromatic carbocycles. The smallest absolute Gasteiger partial charge is 0.280 e. The first-order valence-corrected chi connectivity index (χ1v) is 12.5. The number of benzene rings is 1. The van der Waals surface area contributed by atoms with Crippen molar-refractivity contribution in [1.29, 1.82) is 0 Å². The van der Waals surface area contributed by atoms with Crippen molar-refractivity contribution in [2.75, 3.05) is 19.7 Å². The van der Waals surface area contributed by atoms with E-state index in [0.29, 0.717) is 37.3 Å². The van der Waals surface area contributed by atoms with Gasteiger partial charge in [-0.05, 0) is 25.0 Å². The molecule has 3 aromatic rings. The van der Waals surface area contributed by atoms with Gasteiger partial charge in [0.25, 0.3) is 12.3 Å². The van der Waals surface area contributed by atoms with E-state index in [-0.39, 0.29) is 42.0 Å². The maximum Gasteiger partial charge on any atom is 0.280 e. The average Bonchev–Trinajstić information content (AvgIpc) is 3.62. The molecule has 1 amide bonds. The highest BCUT2D eigenvalue weighted by atomic mass is 32.1. The van der Waals surface area contributed by atoms with Crippen molar-refractivity contribution < 1.29 is 31.9 Å². The molecular formula is C24H23F4N5O3S. The Labute approximate surface area is 213 Å². The molecule has 1 atom stereocenters. The first-order chi connectivity index (χ1) is 17.8. The van der Waals surface area contributed by atoms with E-state index in [1.54, 1.807) is 4.90 Å². The van der Waals surface area contributed by atoms with Gasteiger partial charge in [0, 0.05) is 43.9 Å². The average molecular weight is 538 g/mol. The molecule has 0 radical (unpaired) electrons. The Hall–Kier alpha value is -3.48. The van der Waals surface area contributed by atoms with Crippen molar-refractivity contribution in [3.8, 4) is 5.88 Å². The third kappa shape index (κ3) is 5.31. The van der Waals surface area contributed by atoms with E-state index in [1.807, 2.05) is 5.38 Å². The minimum Gasteiger partial charge on any atom is -0.466 e. The normalized spacial score (nSPS) is 18.3. The SMILES string of the molecule is Cn1nc(OCC(=O)N2CCC(c3nc(C4=NOC(c5c(F)cccc5F)C4)cs3)CC2)cc1C(F)F. The Morgan fingerprint density at radius 3 is 2.65 bits per heavy atom. The molecule has 0 N–H and O–H groups in total. The molecule has 2 aliphatic heterocycles. The van der Waals surface area contributed by atoms with Gasteiger partial charge in [0.1, 0.15) is 23.0 Å². The highest BCUT2D eigenvalue weighted by Gasteiger charge is 2.31. The highest BCUT2D eigenvalue weighted by Crippen LogP contribution is 2.35. The molecule has 0 aliphatic carbocycles. The summed E-state index contributed by atoms with van der Waals surface area (Å²) in [5.74, 6) is -1.47. The van der Waals surface area contributed by atoms with E-state index in [1.165, 1.54) is 36.6 Å². The number of oxime groups is 1. The van der Waals surface area contributed by atoms with Crippen molar-refractivity contribution in [1.82, 2.24) is 19.7 Å². The van der Waals surface area contributed by atoms with Gasteiger partial charge >= 0.3 is 0 Å². The molecule has 1 saturated heterocycles. The van der Waals surface area contributed by atoms with Crippen LogP contribution in [-0.4, -0.2) is 51.0 Å². The van der Waals surface area contributed by atoms with Crippen LogP contribution in [0.1, 0.15) is 59.7 Å². The lowest BCUT2D eigenvalue weighted by Crippen LogP contribution is -2.40. The summed E-state index contributed by atoms with van der Waals surface area (Å²) in [6, 6.07) is 4.80. The molecule has 5 rings (SSSR count). The van der Waals surface area contributed by atoms with Crippen LogP contribution in [0.2, 0.25) is 0 Å². The zero-order chi connectivity index (χ0) is 26.1. The Bertz CT molecular complexity index is 1300. The summed E-state index contributed by atoms with van der Waals surface area (Å²) in [6.07, 6.45) is -1.91. The van der Waals surface area contributed by atoms with Crippen LogP contribution in [0.5, 0.6) is 5.88 Å². The predicted octanol–water partition coefficient (Wildman–Crippen LogP) is 4.74. The van der Waals surface area contributed by atoms with E-state index < -0.39 is 24.2 Å². The summed E-state index contributed by atoms with van der Waals surface area (Å²) in [4.78, 5) is 24.2. The zero-order valence-electron chi connectivity index (χ0n) is 19.7. The van der Waals surface area contributed by atoms with E-state index in [9.17, 15) is 22.4 Å². The Kier molecular flexibility index (Phi) is 7.13. The van der Waals surface area contributed by atoms with Gasteiger partial charge < -0.3 is 14.5 Å². The Balaban J connectivity index is 1.13. The number of likely N-dealkylation sites (tertiary alicyclic amines) is 1. The standard InChI is InChI=1S/C24H23F4N5O3S/c1-32-18(23(27)28)10-20(30-32)35-11-21(34)33-7-5-13(6-8-33)24-29-17(12-37-24)16-9-19(36-31-16)22-14(25)3-2-4-15(22)26/h2-4,10,12-13,19,23H,5-9,11H2,1H3. The molecule has 4 heterocycles. The summed E-state index contributed by atoms with van der Waals surface area (Å²) < 4.78 is 60.3. The molecule has 1 unspecified atom stereocenters. The van der Waals surface area contributed by atoms with Gasteiger partial charge in [0.05, 0.1) is 16.3 Å². The van der Waals surface area contributed by atoms with Gasteiger partial charge in [-0.15, -0.1) is 16.4 Å². The summed E-state index contributed by atoms with van der Waals surface area (Å²) >= 11 is 1.47. The molecule has 8 nitrogen and oxygen atoms in total. The summed E-state index contributed by atoms with van der Waals surface area (Å²) in [5, 5.41) is 10.6. The highest BCUT2D eigenvalue weighted by molar-refractivity contribution is 7.10. The van der Waals surface area contributed by atoms with Crippen LogP contribution in [0, 0.1) is 11.6 Å². The largest absolute Gasteiger partial charge is 0.466 e. The topological polar surface area (TPSA) is 81.8 Å². The van der Waals surface area contributed by atoms with Gasteiger partial charge in [0.15, 0.2) is 12.7 Å². The minimum atomic E-state index is -2.68. The molecule has 0 bridgehead atoms. The van der Waals surface area contributed by atoms with Gasteiger partial charge in [-0.3, -0.25) is 9.48 Å². The first-order valence-electron chi connectivity index (χ1n) is 11.6. The zero-order valence-corrected chi connectivity index (χ0v) is 20.6. The number of halogens is 4. The van der Waals surface area contributed by atoms with Crippen LogP contribution in [-0.2, 0) is 16.7 Å². The molecular weight excluding hydrogens is 514 g/mol. The summed E-state index contributed by atoms with van der Waals surface area (Å²) in [7, 11) is 1.39. The van der Waals surface area contributed by atoms with Crippen LogP contribution < -0.4 is 4.74 Å². The third-order valence-corrected chi connectivity index (χ3v) is 7.47. The number of carbonyl (C=O) groups excluding carboxylic acids is 1. The lowest BCUT2D eigenvalue weighted by atomic mass is 9.97. The Morgan fingerprint density at radius 1 is 1.24 bits per heavy atom. The van der Waals surface area contributed by atoms with E-state index in [2.05, 4.69) is 15.2 Å². The lowest BCUT2D eigenvalue weighted by molar-refractivity contribution is -0.134. The fourth-order valence-corrected chi connectivity index (χ4v) is 5.44. The molecule has 37 heavy (non-hydrogen) atoms. The lowest BCUT2D eigenvalue weighted by Gasteiger charge is -2.31. The van der Waals surface area contributed by atoms with Crippen LogP contribution in [0.4, 0.5) is 17.6 Å². The van der Waals surface area contributed by atoms with Gasteiger partial charge in [0.2, 0.25) is 5.88 Å². The minimum absolute atomic E-state index is 0.0184. The van der Waals surface area contributed by atoms with Gasteiger partial charge in [-0.25, -0.2) is 22.5 Å². The number of ether oxygens (including phenoxy) is 1. The number of rotatable bonds is 7. The second-order valence-electron chi connectivity index (χ2n) is 8.82. The van der Waals surface area contributed by atoms with Gasteiger partial charge in [-0.2, -0.15) is 0 Å². The third-order valence-electron chi connectivity index (χ3n) is 6.47. The fourth-order valence-electron chi connectivity index (χ4n) is 4.44. The Morgan fingerprint density at radius 2 is 1.97 bits per heavy atom. The van der Waals surface area contributed by atoms with Crippen LogP contribution in [0.25, 0.3) is 0 Å². The monoisotopic (exact) mass is 537 g/mol. The van der Waals surface area contributed by atoms with Crippen molar-refractivity contribution in [2.24, 2.45) is 12.2 Å². The molecule has 1 fully saturated rings. The summed E-state index contributed by atoms with van der Waals surface area (Å²) in [6.45, 7) is 0.727. The van der Waals surface area contributed by atoms with Crippen molar-refractivity contribution in [3.63, 3.8) is 0 Å². The number of hydrogen-bond acceptors (Lipinski definition) is 7. The van der Waals surface area contributed by atoms with Crippen LogP contribution in [0.3, 0.4) is 0 Å². The van der Waals surface area contributed by atoms with Crippen molar-refractivity contribution >= 4 is 23.0 Å². The quantitative estimate of drug-likeness (QED) is 0.407. The second-order valence-corrected chi connectivity index (χ2v) is 9.71. The molecule has 2 aromatic heterocycles. The maximum absolute atomic E-state index is 14.1. The first kappa shape index (κ1) is 25.2. The molecule has 13 heteroatoms. The maximum atomic E-state index is 14.1. The molecule has 2 aliphatic rings. The predicted molar refractivity (Wildman–Crippen MR) is 126 cm³/mol. The number of alkyl halides is 2. The number of hydrogen-bond donors (Lipinski definition) is 0. The number of carbonyl (C=O) groups is 1.